The molecule has 0 heterocycles. The molecule has 4 aliphatic rings. The van der Waals surface area contributed by atoms with E-state index < -0.39 is 18.3 Å². The van der Waals surface area contributed by atoms with Gasteiger partial charge in [-0.25, -0.2) is 0 Å². The van der Waals surface area contributed by atoms with Crippen LogP contribution in [0, 0.1) is 28.6 Å². The van der Waals surface area contributed by atoms with E-state index >= 15 is 0 Å². The standard InChI is InChI=1S/C19H30O4/c1-18-5-3-11(20)7-10(18)8-14(21)16-12(18)4-6-19(2)13(16)9-15(22)17(19)23/h8,11-17,20-23H,3-7,9H2,1-2H3/t11?,12?,13?,14-,15-,16?,17?,18?,19?/m1/s1. The van der Waals surface area contributed by atoms with E-state index in [2.05, 4.69) is 13.8 Å². The van der Waals surface area contributed by atoms with E-state index in [0.29, 0.717) is 18.8 Å². The third kappa shape index (κ3) is 2.05. The van der Waals surface area contributed by atoms with E-state index in [0.717, 1.165) is 25.7 Å². The Labute approximate surface area is 138 Å². The van der Waals surface area contributed by atoms with Crippen LogP contribution in [0.4, 0.5) is 0 Å². The molecule has 4 rings (SSSR count). The van der Waals surface area contributed by atoms with Gasteiger partial charge in [0.2, 0.25) is 0 Å². The van der Waals surface area contributed by atoms with Crippen LogP contribution in [0.1, 0.15) is 52.4 Å². The van der Waals surface area contributed by atoms with E-state index in [9.17, 15) is 20.4 Å². The molecule has 23 heavy (non-hydrogen) atoms. The summed E-state index contributed by atoms with van der Waals surface area (Å²) in [6.07, 6.45) is 4.85. The number of aliphatic hydroxyl groups excluding tert-OH is 4. The van der Waals surface area contributed by atoms with E-state index in [1.165, 1.54) is 5.57 Å². The van der Waals surface area contributed by atoms with Gasteiger partial charge in [-0.3, -0.25) is 0 Å². The summed E-state index contributed by atoms with van der Waals surface area (Å²) in [6, 6.07) is 0. The van der Waals surface area contributed by atoms with Gasteiger partial charge in [-0.15, -0.1) is 0 Å². The quantitative estimate of drug-likeness (QED) is 0.511. The molecule has 0 aromatic rings. The minimum Gasteiger partial charge on any atom is -0.393 e. The van der Waals surface area contributed by atoms with Crippen molar-refractivity contribution in [3.05, 3.63) is 11.6 Å². The average molecular weight is 322 g/mol. The molecular weight excluding hydrogens is 292 g/mol. The number of hydrogen-bond donors (Lipinski definition) is 4. The summed E-state index contributed by atoms with van der Waals surface area (Å²) in [6.45, 7) is 4.40. The molecule has 4 N–H and O–H groups in total. The Bertz CT molecular complexity index is 531. The lowest BCUT2D eigenvalue weighted by atomic mass is 9.47. The van der Waals surface area contributed by atoms with E-state index in [-0.39, 0.29) is 28.8 Å². The van der Waals surface area contributed by atoms with Gasteiger partial charge in [-0.1, -0.05) is 25.5 Å². The molecule has 0 saturated heterocycles. The predicted molar refractivity (Wildman–Crippen MR) is 86.5 cm³/mol. The second-order valence-electron chi connectivity index (χ2n) is 9.08. The first-order valence-electron chi connectivity index (χ1n) is 9.21. The van der Waals surface area contributed by atoms with Crippen molar-refractivity contribution in [2.75, 3.05) is 0 Å². The highest BCUT2D eigenvalue weighted by Gasteiger charge is 2.62. The van der Waals surface area contributed by atoms with Crippen LogP contribution < -0.4 is 0 Å². The van der Waals surface area contributed by atoms with Gasteiger partial charge in [-0.05, 0) is 67.1 Å². The topological polar surface area (TPSA) is 80.9 Å². The van der Waals surface area contributed by atoms with E-state index in [4.69, 9.17) is 0 Å². The summed E-state index contributed by atoms with van der Waals surface area (Å²) >= 11 is 0. The van der Waals surface area contributed by atoms with Crippen LogP contribution in [0.3, 0.4) is 0 Å². The molecule has 130 valence electrons. The van der Waals surface area contributed by atoms with Crippen molar-refractivity contribution in [3.63, 3.8) is 0 Å². The first-order valence-corrected chi connectivity index (χ1v) is 9.21. The predicted octanol–water partition coefficient (Wildman–Crippen LogP) is 1.61. The first-order chi connectivity index (χ1) is 10.8. The zero-order chi connectivity index (χ0) is 16.6. The van der Waals surface area contributed by atoms with Crippen LogP contribution >= 0.6 is 0 Å². The van der Waals surface area contributed by atoms with Gasteiger partial charge in [0, 0.05) is 0 Å². The summed E-state index contributed by atoms with van der Waals surface area (Å²) < 4.78 is 0. The minimum atomic E-state index is -0.674. The van der Waals surface area contributed by atoms with Crippen molar-refractivity contribution in [2.45, 2.75) is 76.8 Å². The summed E-state index contributed by atoms with van der Waals surface area (Å²) in [5.74, 6) is 0.674. The molecular formula is C19H30O4. The first kappa shape index (κ1) is 16.1. The van der Waals surface area contributed by atoms with Crippen LogP contribution in [0.5, 0.6) is 0 Å². The van der Waals surface area contributed by atoms with Gasteiger partial charge < -0.3 is 20.4 Å². The van der Waals surface area contributed by atoms with Crippen LogP contribution in [-0.2, 0) is 0 Å². The Morgan fingerprint density at radius 2 is 1.74 bits per heavy atom. The maximum atomic E-state index is 10.9. The molecule has 0 bridgehead atoms. The number of fused-ring (bicyclic) bond motifs is 5. The molecule has 0 amide bonds. The molecule has 0 radical (unpaired) electrons. The minimum absolute atomic E-state index is 0.0585. The highest BCUT2D eigenvalue weighted by Crippen LogP contribution is 2.64. The van der Waals surface area contributed by atoms with Crippen molar-refractivity contribution in [2.24, 2.45) is 28.6 Å². The summed E-state index contributed by atoms with van der Waals surface area (Å²) in [4.78, 5) is 0. The van der Waals surface area contributed by atoms with Gasteiger partial charge in [0.25, 0.3) is 0 Å². The van der Waals surface area contributed by atoms with Crippen molar-refractivity contribution < 1.29 is 20.4 Å². The van der Waals surface area contributed by atoms with Crippen molar-refractivity contribution in [1.29, 1.82) is 0 Å². The second-order valence-corrected chi connectivity index (χ2v) is 9.08. The molecule has 4 aliphatic carbocycles. The Kier molecular flexibility index (Phi) is 3.52. The van der Waals surface area contributed by atoms with Crippen molar-refractivity contribution >= 4 is 0 Å². The lowest BCUT2D eigenvalue weighted by molar-refractivity contribution is -0.110. The summed E-state index contributed by atoms with van der Waals surface area (Å²) in [5.41, 5.74) is 1.01. The highest BCUT2D eigenvalue weighted by molar-refractivity contribution is 5.28. The lowest BCUT2D eigenvalue weighted by Gasteiger charge is -2.58. The Morgan fingerprint density at radius 3 is 2.48 bits per heavy atom. The molecule has 7 unspecified atom stereocenters. The fourth-order valence-corrected chi connectivity index (χ4v) is 6.62. The highest BCUT2D eigenvalue weighted by atomic mass is 16.3. The SMILES string of the molecule is CC12CCC(O)CC1=C[C@@H](O)C1C2CCC2(C)C1C[C@@H](O)C2O. The molecule has 0 spiro atoms. The number of hydrogen-bond acceptors (Lipinski definition) is 4. The van der Waals surface area contributed by atoms with Crippen LogP contribution in [0.15, 0.2) is 11.6 Å². The van der Waals surface area contributed by atoms with Crippen LogP contribution in [0.25, 0.3) is 0 Å². The zero-order valence-corrected chi connectivity index (χ0v) is 14.2. The summed E-state index contributed by atoms with van der Waals surface area (Å²) in [7, 11) is 0. The Balaban J connectivity index is 1.73. The van der Waals surface area contributed by atoms with Gasteiger partial charge in [0.1, 0.15) is 0 Å². The van der Waals surface area contributed by atoms with E-state index in [1.54, 1.807) is 0 Å². The fourth-order valence-electron chi connectivity index (χ4n) is 6.62. The normalized spacial score (nSPS) is 58.9. The zero-order valence-electron chi connectivity index (χ0n) is 14.2. The Hall–Kier alpha value is -0.420. The fraction of sp³-hybridized carbons (Fsp3) is 0.895. The maximum absolute atomic E-state index is 10.9. The molecule has 4 heteroatoms. The van der Waals surface area contributed by atoms with Gasteiger partial charge in [0.15, 0.2) is 0 Å². The summed E-state index contributed by atoms with van der Waals surface area (Å²) in [5, 5.41) is 41.6. The van der Waals surface area contributed by atoms with Crippen LogP contribution in [-0.4, -0.2) is 44.8 Å². The Morgan fingerprint density at radius 1 is 1.00 bits per heavy atom. The molecule has 9 atom stereocenters. The third-order valence-corrected chi connectivity index (χ3v) is 8.08. The number of aliphatic hydroxyl groups is 4. The van der Waals surface area contributed by atoms with E-state index in [1.807, 2.05) is 6.08 Å². The number of rotatable bonds is 0. The van der Waals surface area contributed by atoms with Crippen molar-refractivity contribution in [3.8, 4) is 0 Å². The van der Waals surface area contributed by atoms with Gasteiger partial charge in [-0.2, -0.15) is 0 Å². The lowest BCUT2D eigenvalue weighted by Crippen LogP contribution is -2.55. The molecule has 3 fully saturated rings. The van der Waals surface area contributed by atoms with Crippen LogP contribution in [0.2, 0.25) is 0 Å². The maximum Gasteiger partial charge on any atom is 0.0855 e. The monoisotopic (exact) mass is 322 g/mol. The largest absolute Gasteiger partial charge is 0.393 e. The van der Waals surface area contributed by atoms with Crippen molar-refractivity contribution in [1.82, 2.24) is 0 Å². The molecule has 0 aliphatic heterocycles. The third-order valence-electron chi connectivity index (χ3n) is 8.08. The molecule has 3 saturated carbocycles. The second kappa shape index (κ2) is 5.04. The smallest absolute Gasteiger partial charge is 0.0855 e. The average Bonchev–Trinajstić information content (AvgIpc) is 2.73. The molecule has 0 aromatic heterocycles. The molecule has 0 aromatic carbocycles. The van der Waals surface area contributed by atoms with Gasteiger partial charge >= 0.3 is 0 Å². The molecule has 4 nitrogen and oxygen atoms in total. The van der Waals surface area contributed by atoms with Gasteiger partial charge in [0.05, 0.1) is 24.4 Å².